The van der Waals surface area contributed by atoms with Crippen molar-refractivity contribution in [3.63, 3.8) is 0 Å². The maximum atomic E-state index is 12.8. The molecule has 0 radical (unpaired) electrons. The van der Waals surface area contributed by atoms with Crippen LogP contribution in [0.15, 0.2) is 10.3 Å². The van der Waals surface area contributed by atoms with Crippen LogP contribution >= 0.6 is 11.3 Å². The monoisotopic (exact) mass is 330 g/mol. The lowest BCUT2D eigenvalue weighted by molar-refractivity contribution is 0.286. The minimum absolute atomic E-state index is 0.170. The quantitative estimate of drug-likeness (QED) is 0.872. The van der Waals surface area contributed by atoms with E-state index in [1.807, 2.05) is 13.0 Å². The molecule has 0 amide bonds. The Balaban J connectivity index is 2.18. The molecule has 1 aromatic rings. The molecule has 2 rings (SSSR count). The van der Waals surface area contributed by atoms with E-state index >= 15 is 0 Å². The van der Waals surface area contributed by atoms with Gasteiger partial charge in [-0.2, -0.15) is 4.31 Å². The first-order chi connectivity index (χ1) is 9.96. The van der Waals surface area contributed by atoms with E-state index in [2.05, 4.69) is 12.2 Å². The Morgan fingerprint density at radius 3 is 2.62 bits per heavy atom. The second kappa shape index (κ2) is 7.22. The van der Waals surface area contributed by atoms with Crippen LogP contribution in [-0.4, -0.2) is 32.4 Å². The van der Waals surface area contributed by atoms with Crippen LogP contribution in [0.2, 0.25) is 0 Å². The molecular formula is C15H26N2O2S2. The molecule has 120 valence electrons. The predicted molar refractivity (Wildman–Crippen MR) is 88.3 cm³/mol. The van der Waals surface area contributed by atoms with Gasteiger partial charge in [0.05, 0.1) is 0 Å². The standard InChI is InChI=1S/C15H26N2O2S2/c1-4-16-11-14-12(2)10-15(20-14)21(18,19)17(3)13-8-6-5-7-9-13/h10,13,16H,4-9,11H2,1-3H3. The molecule has 0 spiro atoms. The summed E-state index contributed by atoms with van der Waals surface area (Å²) in [6.45, 7) is 5.68. The zero-order chi connectivity index (χ0) is 15.5. The lowest BCUT2D eigenvalue weighted by Gasteiger charge is -2.29. The Kier molecular flexibility index (Phi) is 5.82. The summed E-state index contributed by atoms with van der Waals surface area (Å²) in [6, 6.07) is 2.00. The van der Waals surface area contributed by atoms with E-state index in [0.717, 1.165) is 49.2 Å². The van der Waals surface area contributed by atoms with Crippen molar-refractivity contribution in [1.29, 1.82) is 0 Å². The molecule has 0 saturated heterocycles. The molecule has 1 aromatic heterocycles. The van der Waals surface area contributed by atoms with Gasteiger partial charge in [0, 0.05) is 24.5 Å². The number of sulfonamides is 1. The third kappa shape index (κ3) is 3.86. The van der Waals surface area contributed by atoms with Crippen LogP contribution in [0.4, 0.5) is 0 Å². The van der Waals surface area contributed by atoms with Crippen molar-refractivity contribution in [2.75, 3.05) is 13.6 Å². The molecule has 0 aromatic carbocycles. The molecule has 0 unspecified atom stereocenters. The number of thiophene rings is 1. The van der Waals surface area contributed by atoms with Gasteiger partial charge in [-0.1, -0.05) is 26.2 Å². The predicted octanol–water partition coefficient (Wildman–Crippen LogP) is 3.12. The fraction of sp³-hybridized carbons (Fsp3) is 0.733. The second-order valence-corrected chi connectivity index (χ2v) is 9.13. The Bertz CT molecular complexity index is 560. The summed E-state index contributed by atoms with van der Waals surface area (Å²) in [5, 5.41) is 3.26. The molecule has 1 saturated carbocycles. The number of hydrogen-bond acceptors (Lipinski definition) is 4. The minimum atomic E-state index is -3.34. The largest absolute Gasteiger partial charge is 0.312 e. The highest BCUT2D eigenvalue weighted by Crippen LogP contribution is 2.31. The van der Waals surface area contributed by atoms with E-state index in [9.17, 15) is 8.42 Å². The first-order valence-electron chi connectivity index (χ1n) is 7.75. The zero-order valence-corrected chi connectivity index (χ0v) is 14.8. The van der Waals surface area contributed by atoms with Gasteiger partial charge in [0.25, 0.3) is 10.0 Å². The highest BCUT2D eigenvalue weighted by Gasteiger charge is 2.30. The van der Waals surface area contributed by atoms with E-state index in [-0.39, 0.29) is 6.04 Å². The smallest absolute Gasteiger partial charge is 0.252 e. The number of hydrogen-bond donors (Lipinski definition) is 1. The lowest BCUT2D eigenvalue weighted by Crippen LogP contribution is -2.37. The SMILES string of the molecule is CCNCc1sc(S(=O)(=O)N(C)C2CCCCC2)cc1C. The van der Waals surface area contributed by atoms with E-state index < -0.39 is 10.0 Å². The van der Waals surface area contributed by atoms with Crippen molar-refractivity contribution in [3.05, 3.63) is 16.5 Å². The average molecular weight is 331 g/mol. The van der Waals surface area contributed by atoms with Gasteiger partial charge in [0.2, 0.25) is 0 Å². The summed E-state index contributed by atoms with van der Waals surface area (Å²) in [5.74, 6) is 0. The first-order valence-corrected chi connectivity index (χ1v) is 10.0. The molecule has 1 aliphatic carbocycles. The molecular weight excluding hydrogens is 304 g/mol. The van der Waals surface area contributed by atoms with Crippen molar-refractivity contribution >= 4 is 21.4 Å². The zero-order valence-electron chi connectivity index (χ0n) is 13.2. The van der Waals surface area contributed by atoms with Crippen LogP contribution in [0, 0.1) is 6.92 Å². The molecule has 4 nitrogen and oxygen atoms in total. The Morgan fingerprint density at radius 2 is 2.00 bits per heavy atom. The topological polar surface area (TPSA) is 49.4 Å². The van der Waals surface area contributed by atoms with Gasteiger partial charge in [-0.05, 0) is 37.9 Å². The van der Waals surface area contributed by atoms with Crippen LogP contribution in [0.3, 0.4) is 0 Å². The Morgan fingerprint density at radius 1 is 1.33 bits per heavy atom. The van der Waals surface area contributed by atoms with Gasteiger partial charge < -0.3 is 5.32 Å². The average Bonchev–Trinajstić information content (AvgIpc) is 2.87. The summed E-state index contributed by atoms with van der Waals surface area (Å²) in [6.07, 6.45) is 5.49. The minimum Gasteiger partial charge on any atom is -0.312 e. The molecule has 0 bridgehead atoms. The molecule has 0 atom stereocenters. The van der Waals surface area contributed by atoms with Crippen LogP contribution in [0.25, 0.3) is 0 Å². The van der Waals surface area contributed by atoms with E-state index in [0.29, 0.717) is 4.21 Å². The summed E-state index contributed by atoms with van der Waals surface area (Å²) in [7, 11) is -1.60. The van der Waals surface area contributed by atoms with Crippen LogP contribution in [-0.2, 0) is 16.6 Å². The van der Waals surface area contributed by atoms with Crippen LogP contribution < -0.4 is 5.32 Å². The highest BCUT2D eigenvalue weighted by atomic mass is 32.2. The van der Waals surface area contributed by atoms with Gasteiger partial charge in [-0.3, -0.25) is 0 Å². The molecule has 1 heterocycles. The van der Waals surface area contributed by atoms with E-state index in [1.54, 1.807) is 11.4 Å². The summed E-state index contributed by atoms with van der Waals surface area (Å²) < 4.78 is 27.7. The fourth-order valence-corrected chi connectivity index (χ4v) is 5.97. The maximum Gasteiger partial charge on any atom is 0.252 e. The molecule has 1 fully saturated rings. The van der Waals surface area contributed by atoms with E-state index in [1.165, 1.54) is 17.8 Å². The number of nitrogens with zero attached hydrogens (tertiary/aromatic N) is 1. The summed E-state index contributed by atoms with van der Waals surface area (Å²) >= 11 is 1.41. The number of nitrogens with one attached hydrogen (secondary N) is 1. The molecule has 6 heteroatoms. The molecule has 0 aliphatic heterocycles. The van der Waals surface area contributed by atoms with Crippen molar-refractivity contribution in [3.8, 4) is 0 Å². The highest BCUT2D eigenvalue weighted by molar-refractivity contribution is 7.91. The molecule has 1 aliphatic rings. The normalized spacial score (nSPS) is 17.5. The molecule has 21 heavy (non-hydrogen) atoms. The maximum absolute atomic E-state index is 12.8. The fourth-order valence-electron chi connectivity index (χ4n) is 2.81. The van der Waals surface area contributed by atoms with Gasteiger partial charge in [-0.25, -0.2) is 8.42 Å². The first kappa shape index (κ1) is 16.9. The van der Waals surface area contributed by atoms with Crippen LogP contribution in [0.5, 0.6) is 0 Å². The number of rotatable bonds is 6. The van der Waals surface area contributed by atoms with Gasteiger partial charge in [0.1, 0.15) is 4.21 Å². The summed E-state index contributed by atoms with van der Waals surface area (Å²) in [5.41, 5.74) is 1.07. The van der Waals surface area contributed by atoms with Crippen molar-refractivity contribution in [1.82, 2.24) is 9.62 Å². The lowest BCUT2D eigenvalue weighted by atomic mass is 9.96. The van der Waals surface area contributed by atoms with Crippen LogP contribution in [0.1, 0.15) is 49.5 Å². The molecule has 1 N–H and O–H groups in total. The van der Waals surface area contributed by atoms with Gasteiger partial charge in [-0.15, -0.1) is 11.3 Å². The number of aryl methyl sites for hydroxylation is 1. The Labute approximate surface area is 132 Å². The second-order valence-electron chi connectivity index (χ2n) is 5.77. The van der Waals surface area contributed by atoms with Gasteiger partial charge in [0.15, 0.2) is 0 Å². The Hall–Kier alpha value is -0.430. The van der Waals surface area contributed by atoms with Gasteiger partial charge >= 0.3 is 0 Å². The van der Waals surface area contributed by atoms with Crippen molar-refractivity contribution < 1.29 is 8.42 Å². The van der Waals surface area contributed by atoms with E-state index in [4.69, 9.17) is 0 Å². The van der Waals surface area contributed by atoms with Crippen molar-refractivity contribution in [2.45, 2.75) is 62.7 Å². The van der Waals surface area contributed by atoms with Crippen molar-refractivity contribution in [2.24, 2.45) is 0 Å². The third-order valence-corrected chi connectivity index (χ3v) is 7.85. The third-order valence-electron chi connectivity index (χ3n) is 4.26. The summed E-state index contributed by atoms with van der Waals surface area (Å²) in [4.78, 5) is 1.12.